The minimum absolute atomic E-state index is 0.0101. The summed E-state index contributed by atoms with van der Waals surface area (Å²) < 4.78 is 25.9. The number of hydrogen-bond donors (Lipinski definition) is 4. The molecule has 0 bridgehead atoms. The molecule has 196 valence electrons. The van der Waals surface area contributed by atoms with Gasteiger partial charge in [-0.1, -0.05) is 0 Å². The highest BCUT2D eigenvalue weighted by Gasteiger charge is 2.35. The third-order valence-corrected chi connectivity index (χ3v) is 6.77. The van der Waals surface area contributed by atoms with Crippen molar-refractivity contribution in [2.75, 3.05) is 33.4 Å². The quantitative estimate of drug-likeness (QED) is 0.351. The van der Waals surface area contributed by atoms with E-state index in [0.717, 1.165) is 12.8 Å². The van der Waals surface area contributed by atoms with Crippen molar-refractivity contribution in [1.29, 1.82) is 0 Å². The van der Waals surface area contributed by atoms with E-state index >= 15 is 0 Å². The van der Waals surface area contributed by atoms with Gasteiger partial charge in [-0.15, -0.1) is 0 Å². The van der Waals surface area contributed by atoms with E-state index in [1.54, 1.807) is 6.92 Å². The van der Waals surface area contributed by atoms with Gasteiger partial charge in [-0.2, -0.15) is 0 Å². The van der Waals surface area contributed by atoms with Crippen LogP contribution in [0.25, 0.3) is 22.3 Å². The van der Waals surface area contributed by atoms with Gasteiger partial charge in [0, 0.05) is 30.4 Å². The molecule has 2 amide bonds. The number of rotatable bonds is 8. The number of aliphatic hydroxyl groups excluding tert-OH is 2. The van der Waals surface area contributed by atoms with Crippen molar-refractivity contribution in [3.05, 3.63) is 35.5 Å². The summed E-state index contributed by atoms with van der Waals surface area (Å²) >= 11 is 0. The van der Waals surface area contributed by atoms with E-state index in [2.05, 4.69) is 20.3 Å². The van der Waals surface area contributed by atoms with Gasteiger partial charge in [0.1, 0.15) is 29.9 Å². The summed E-state index contributed by atoms with van der Waals surface area (Å²) in [7, 11) is 1.38. The lowest BCUT2D eigenvalue weighted by atomic mass is 10.1. The third kappa shape index (κ3) is 4.81. The number of carbonyl (C=O) groups is 2. The predicted octanol–water partition coefficient (Wildman–Crippen LogP) is 1.16. The number of aliphatic hydroxyl groups is 2. The number of aromatic nitrogens is 3. The van der Waals surface area contributed by atoms with Crippen molar-refractivity contribution in [2.24, 2.45) is 5.92 Å². The first kappa shape index (κ1) is 24.9. The number of carbonyl (C=O) groups excluding carboxylic acids is 2. The molecule has 2 fully saturated rings. The fourth-order valence-corrected chi connectivity index (χ4v) is 4.56. The molecule has 3 heterocycles. The predicted molar refractivity (Wildman–Crippen MR) is 130 cm³/mol. The first-order chi connectivity index (χ1) is 17.8. The molecule has 0 unspecified atom stereocenters. The maximum absolute atomic E-state index is 14.8. The molecule has 3 aromatic rings. The van der Waals surface area contributed by atoms with Gasteiger partial charge in [0.05, 0.1) is 36.9 Å². The molecule has 4 N–H and O–H groups in total. The second-order valence-corrected chi connectivity index (χ2v) is 9.41. The highest BCUT2D eigenvalue weighted by atomic mass is 19.1. The van der Waals surface area contributed by atoms with Crippen molar-refractivity contribution in [2.45, 2.75) is 31.9 Å². The highest BCUT2D eigenvalue weighted by molar-refractivity contribution is 6.09. The van der Waals surface area contributed by atoms with Crippen molar-refractivity contribution >= 4 is 22.8 Å². The number of ether oxygens (including phenoxy) is 2. The molecule has 2 aromatic heterocycles. The van der Waals surface area contributed by atoms with Crippen molar-refractivity contribution in [3.63, 3.8) is 0 Å². The molecule has 1 aliphatic carbocycles. The molecule has 1 aromatic carbocycles. The van der Waals surface area contributed by atoms with E-state index in [1.165, 1.54) is 30.5 Å². The first-order valence-electron chi connectivity index (χ1n) is 12.0. The molecule has 0 spiro atoms. The van der Waals surface area contributed by atoms with E-state index in [0.29, 0.717) is 46.3 Å². The largest absolute Gasteiger partial charge is 0.494 e. The van der Waals surface area contributed by atoms with Crippen LogP contribution >= 0.6 is 0 Å². The second kappa shape index (κ2) is 9.94. The van der Waals surface area contributed by atoms with Crippen molar-refractivity contribution in [1.82, 2.24) is 25.2 Å². The molecular formula is C25H28FN5O6. The van der Waals surface area contributed by atoms with Crippen molar-refractivity contribution in [3.8, 4) is 22.8 Å². The van der Waals surface area contributed by atoms with Crippen molar-refractivity contribution < 1.29 is 33.7 Å². The molecule has 2 atom stereocenters. The lowest BCUT2D eigenvalue weighted by molar-refractivity contribution is -0.133. The average Bonchev–Trinajstić information content (AvgIpc) is 3.55. The summed E-state index contributed by atoms with van der Waals surface area (Å²) in [5, 5.41) is 22.2. The Balaban J connectivity index is 1.49. The molecule has 1 aliphatic heterocycles. The Morgan fingerprint density at radius 1 is 1.24 bits per heavy atom. The molecule has 37 heavy (non-hydrogen) atoms. The number of halogens is 1. The lowest BCUT2D eigenvalue weighted by Crippen LogP contribution is -2.43. The van der Waals surface area contributed by atoms with Gasteiger partial charge in [0.2, 0.25) is 5.91 Å². The Labute approximate surface area is 211 Å². The summed E-state index contributed by atoms with van der Waals surface area (Å²) in [5.74, 6) is -0.685. The minimum Gasteiger partial charge on any atom is -0.494 e. The van der Waals surface area contributed by atoms with Crippen LogP contribution in [-0.4, -0.2) is 87.4 Å². The van der Waals surface area contributed by atoms with E-state index in [4.69, 9.17) is 14.6 Å². The fourth-order valence-electron chi connectivity index (χ4n) is 4.56. The van der Waals surface area contributed by atoms with Gasteiger partial charge in [-0.25, -0.2) is 14.4 Å². The Morgan fingerprint density at radius 2 is 2.03 bits per heavy atom. The van der Waals surface area contributed by atoms with Crippen LogP contribution in [0.15, 0.2) is 18.5 Å². The zero-order chi connectivity index (χ0) is 26.3. The number of likely N-dealkylation sites (tertiary alicyclic amines) is 1. The number of fused-ring (bicyclic) bond motifs is 1. The molecular weight excluding hydrogens is 485 g/mol. The molecule has 1 saturated carbocycles. The highest BCUT2D eigenvalue weighted by Crippen LogP contribution is 2.39. The molecule has 12 heteroatoms. The lowest BCUT2D eigenvalue weighted by Gasteiger charge is -2.16. The molecule has 11 nitrogen and oxygen atoms in total. The Kier molecular flexibility index (Phi) is 6.69. The normalized spacial score (nSPS) is 19.3. The van der Waals surface area contributed by atoms with Gasteiger partial charge in [-0.05, 0) is 31.7 Å². The van der Waals surface area contributed by atoms with E-state index in [-0.39, 0.29) is 24.4 Å². The topological polar surface area (TPSA) is 150 Å². The Bertz CT molecular complexity index is 1360. The second-order valence-electron chi connectivity index (χ2n) is 9.41. The van der Waals surface area contributed by atoms with Crippen LogP contribution in [0.4, 0.5) is 4.39 Å². The summed E-state index contributed by atoms with van der Waals surface area (Å²) in [5.41, 5.74) is 2.24. The number of nitrogens with one attached hydrogen (secondary N) is 2. The smallest absolute Gasteiger partial charge is 0.255 e. The number of nitrogens with zero attached hydrogens (tertiary/aromatic N) is 3. The summed E-state index contributed by atoms with van der Waals surface area (Å²) in [6.45, 7) is 1.60. The summed E-state index contributed by atoms with van der Waals surface area (Å²) in [6.07, 6.45) is 2.48. The average molecular weight is 514 g/mol. The van der Waals surface area contributed by atoms with Crippen LogP contribution in [0.1, 0.15) is 28.9 Å². The van der Waals surface area contributed by atoms with E-state index < -0.39 is 36.4 Å². The number of H-pyrrole nitrogens is 1. The van der Waals surface area contributed by atoms with Crippen LogP contribution in [0, 0.1) is 18.7 Å². The van der Waals surface area contributed by atoms with Gasteiger partial charge in [0.15, 0.2) is 11.6 Å². The molecule has 2 aliphatic rings. The summed E-state index contributed by atoms with van der Waals surface area (Å²) in [6, 6.07) is 2.07. The number of hydrogen-bond acceptors (Lipinski definition) is 8. The number of benzene rings is 1. The summed E-state index contributed by atoms with van der Waals surface area (Å²) in [4.78, 5) is 38.2. The number of β-amino-alcohol motifs (C(OH)–C–C–N with tert-alkyl or cyclic N) is 1. The minimum atomic E-state index is -0.983. The Morgan fingerprint density at radius 3 is 2.73 bits per heavy atom. The number of methoxy groups -OCH3 is 1. The molecule has 5 rings (SSSR count). The van der Waals surface area contributed by atoms with Gasteiger partial charge < -0.3 is 34.9 Å². The van der Waals surface area contributed by atoms with Crippen LogP contribution in [0.2, 0.25) is 0 Å². The maximum atomic E-state index is 14.8. The van der Waals surface area contributed by atoms with Crippen LogP contribution in [0.3, 0.4) is 0 Å². The standard InChI is InChI=1S/C25H28FN5O6/c1-12-21(25(35)30-16-7-31(8-17(16)33)20(34)9-32)23-24(29-12)22(27-11-28-23)14-5-15(26)19(36-2)6-18(14)37-10-13-3-4-13/h5-6,11,13,16-17,29,32-33H,3-4,7-10H2,1-2H3,(H,30,35)/t16-,17-/m1/s1. The van der Waals surface area contributed by atoms with Crippen LogP contribution in [0.5, 0.6) is 11.5 Å². The third-order valence-electron chi connectivity index (χ3n) is 6.77. The van der Waals surface area contributed by atoms with E-state index in [9.17, 15) is 19.1 Å². The Hall–Kier alpha value is -3.77. The molecule has 1 saturated heterocycles. The number of amides is 2. The van der Waals surface area contributed by atoms with Crippen LogP contribution in [-0.2, 0) is 4.79 Å². The maximum Gasteiger partial charge on any atom is 0.255 e. The monoisotopic (exact) mass is 513 g/mol. The molecule has 0 radical (unpaired) electrons. The zero-order valence-electron chi connectivity index (χ0n) is 20.5. The zero-order valence-corrected chi connectivity index (χ0v) is 20.5. The van der Waals surface area contributed by atoms with Gasteiger partial charge in [0.25, 0.3) is 5.91 Å². The number of aryl methyl sites for hydroxylation is 1. The van der Waals surface area contributed by atoms with Gasteiger partial charge in [-0.3, -0.25) is 9.59 Å². The number of aromatic amines is 1. The SMILES string of the molecule is COc1cc(OCC2CC2)c(-c2ncnc3c(C(=O)N[C@@H]4CN(C(=O)CO)C[C@H]4O)c(C)[nH]c23)cc1F. The van der Waals surface area contributed by atoms with E-state index in [1.807, 2.05) is 0 Å². The van der Waals surface area contributed by atoms with Crippen LogP contribution < -0.4 is 14.8 Å². The first-order valence-corrected chi connectivity index (χ1v) is 12.0. The van der Waals surface area contributed by atoms with Gasteiger partial charge >= 0.3 is 0 Å². The fraction of sp³-hybridized carbons (Fsp3) is 0.440.